The number of benzene rings is 1. The third-order valence-electron chi connectivity index (χ3n) is 3.68. The molecular weight excluding hydrogens is 296 g/mol. The maximum atomic E-state index is 12.3. The summed E-state index contributed by atoms with van der Waals surface area (Å²) in [4.78, 5) is 36.0. The molecule has 0 saturated heterocycles. The van der Waals surface area contributed by atoms with Gasteiger partial charge in [-0.15, -0.1) is 6.58 Å². The molecule has 0 unspecified atom stereocenters. The molecule has 0 atom stereocenters. The van der Waals surface area contributed by atoms with Gasteiger partial charge >= 0.3 is 5.97 Å². The van der Waals surface area contributed by atoms with E-state index in [0.29, 0.717) is 37.2 Å². The third kappa shape index (κ3) is 3.77. The Hall–Kier alpha value is -2.63. The van der Waals surface area contributed by atoms with Gasteiger partial charge in [0.25, 0.3) is 0 Å². The smallest absolute Gasteiger partial charge is 0.338 e. The molecule has 2 rings (SSSR count). The molecule has 1 fully saturated rings. The lowest BCUT2D eigenvalue weighted by Crippen LogP contribution is -2.40. The fourth-order valence-electron chi connectivity index (χ4n) is 2.17. The average Bonchev–Trinajstić information content (AvgIpc) is 3.35. The first-order valence-electron chi connectivity index (χ1n) is 7.51. The molecule has 0 bridgehead atoms. The average molecular weight is 316 g/mol. The molecule has 6 nitrogen and oxygen atoms in total. The molecule has 1 aliphatic carbocycles. The Morgan fingerprint density at radius 3 is 2.39 bits per heavy atom. The lowest BCUT2D eigenvalue weighted by atomic mass is 10.0. The van der Waals surface area contributed by atoms with Gasteiger partial charge in [0.1, 0.15) is 5.41 Å². The van der Waals surface area contributed by atoms with Crippen molar-refractivity contribution in [3.8, 4) is 0 Å². The van der Waals surface area contributed by atoms with Gasteiger partial charge in [0, 0.05) is 12.2 Å². The highest BCUT2D eigenvalue weighted by Gasteiger charge is 2.56. The summed E-state index contributed by atoms with van der Waals surface area (Å²) >= 11 is 0. The summed E-state index contributed by atoms with van der Waals surface area (Å²) in [5.41, 5.74) is -0.0384. The number of hydrogen-bond acceptors (Lipinski definition) is 4. The Morgan fingerprint density at radius 2 is 1.87 bits per heavy atom. The van der Waals surface area contributed by atoms with E-state index in [2.05, 4.69) is 17.2 Å². The molecule has 1 aromatic rings. The van der Waals surface area contributed by atoms with E-state index in [0.717, 1.165) is 0 Å². The number of anilines is 1. The Morgan fingerprint density at radius 1 is 1.22 bits per heavy atom. The fraction of sp³-hybridized carbons (Fsp3) is 0.353. The SMILES string of the molecule is C=CCNC(=O)C1(C(=O)Nc2ccc(C(=O)OCC)cc2)CC1. The molecule has 0 heterocycles. The monoisotopic (exact) mass is 316 g/mol. The number of nitrogens with one attached hydrogen (secondary N) is 2. The summed E-state index contributed by atoms with van der Waals surface area (Å²) in [6.45, 7) is 5.91. The van der Waals surface area contributed by atoms with Crippen molar-refractivity contribution in [2.45, 2.75) is 19.8 Å². The van der Waals surface area contributed by atoms with E-state index in [1.54, 1.807) is 37.3 Å². The van der Waals surface area contributed by atoms with Crippen LogP contribution in [0.5, 0.6) is 0 Å². The number of carbonyl (C=O) groups is 3. The summed E-state index contributed by atoms with van der Waals surface area (Å²) in [5, 5.41) is 5.38. The molecule has 0 aromatic heterocycles. The van der Waals surface area contributed by atoms with E-state index < -0.39 is 11.4 Å². The number of amides is 2. The summed E-state index contributed by atoms with van der Waals surface area (Å²) < 4.78 is 4.89. The predicted octanol–water partition coefficient (Wildman–Crippen LogP) is 1.88. The van der Waals surface area contributed by atoms with Gasteiger partial charge in [-0.05, 0) is 44.0 Å². The van der Waals surface area contributed by atoms with Crippen LogP contribution in [0, 0.1) is 5.41 Å². The van der Waals surface area contributed by atoms with Gasteiger partial charge in [-0.1, -0.05) is 6.08 Å². The first-order valence-corrected chi connectivity index (χ1v) is 7.51. The van der Waals surface area contributed by atoms with Gasteiger partial charge in [-0.2, -0.15) is 0 Å². The second-order valence-corrected chi connectivity index (χ2v) is 5.33. The largest absolute Gasteiger partial charge is 0.462 e. The first-order chi connectivity index (χ1) is 11.0. The van der Waals surface area contributed by atoms with Crippen molar-refractivity contribution in [2.75, 3.05) is 18.5 Å². The van der Waals surface area contributed by atoms with Crippen molar-refractivity contribution >= 4 is 23.5 Å². The molecule has 0 spiro atoms. The summed E-state index contributed by atoms with van der Waals surface area (Å²) in [5.74, 6) is -1.02. The van der Waals surface area contributed by atoms with E-state index in [-0.39, 0.29) is 11.8 Å². The minimum atomic E-state index is -0.983. The lowest BCUT2D eigenvalue weighted by molar-refractivity contribution is -0.134. The standard InChI is InChI=1S/C17H20N2O4/c1-3-11-18-15(21)17(9-10-17)16(22)19-13-7-5-12(6-8-13)14(20)23-4-2/h3,5-8H,1,4,9-11H2,2H3,(H,18,21)(H,19,22). The number of ether oxygens (including phenoxy) is 1. The van der Waals surface area contributed by atoms with Crippen LogP contribution in [-0.2, 0) is 14.3 Å². The van der Waals surface area contributed by atoms with E-state index in [4.69, 9.17) is 4.74 Å². The number of carbonyl (C=O) groups excluding carboxylic acids is 3. The third-order valence-corrected chi connectivity index (χ3v) is 3.68. The molecular formula is C17H20N2O4. The van der Waals surface area contributed by atoms with Crippen LogP contribution < -0.4 is 10.6 Å². The molecule has 122 valence electrons. The van der Waals surface area contributed by atoms with Crippen molar-refractivity contribution in [1.82, 2.24) is 5.32 Å². The zero-order valence-electron chi connectivity index (χ0n) is 13.1. The van der Waals surface area contributed by atoms with Crippen LogP contribution in [0.3, 0.4) is 0 Å². The maximum Gasteiger partial charge on any atom is 0.338 e. The van der Waals surface area contributed by atoms with E-state index >= 15 is 0 Å². The zero-order chi connectivity index (χ0) is 16.9. The van der Waals surface area contributed by atoms with Crippen molar-refractivity contribution in [1.29, 1.82) is 0 Å². The maximum absolute atomic E-state index is 12.3. The lowest BCUT2D eigenvalue weighted by Gasteiger charge is -2.15. The van der Waals surface area contributed by atoms with Crippen LogP contribution in [0.2, 0.25) is 0 Å². The van der Waals surface area contributed by atoms with Gasteiger partial charge in [0.15, 0.2) is 0 Å². The molecule has 2 N–H and O–H groups in total. The highest BCUT2D eigenvalue weighted by atomic mass is 16.5. The summed E-state index contributed by atoms with van der Waals surface area (Å²) in [6.07, 6.45) is 2.63. The van der Waals surface area contributed by atoms with E-state index in [1.807, 2.05) is 0 Å². The van der Waals surface area contributed by atoms with Gasteiger partial charge in [0.2, 0.25) is 11.8 Å². The Kier molecular flexibility index (Phi) is 5.16. The van der Waals surface area contributed by atoms with Gasteiger partial charge in [-0.3, -0.25) is 9.59 Å². The van der Waals surface area contributed by atoms with Crippen LogP contribution in [-0.4, -0.2) is 30.9 Å². The van der Waals surface area contributed by atoms with Crippen molar-refractivity contribution in [3.63, 3.8) is 0 Å². The van der Waals surface area contributed by atoms with Crippen LogP contribution in [0.4, 0.5) is 5.69 Å². The van der Waals surface area contributed by atoms with Crippen molar-refractivity contribution in [2.24, 2.45) is 5.41 Å². The van der Waals surface area contributed by atoms with Gasteiger partial charge in [-0.25, -0.2) is 4.79 Å². The highest BCUT2D eigenvalue weighted by molar-refractivity contribution is 6.13. The molecule has 0 aliphatic heterocycles. The molecule has 0 radical (unpaired) electrons. The van der Waals surface area contributed by atoms with Crippen molar-refractivity contribution in [3.05, 3.63) is 42.5 Å². The van der Waals surface area contributed by atoms with Crippen molar-refractivity contribution < 1.29 is 19.1 Å². The van der Waals surface area contributed by atoms with Crippen LogP contribution in [0.1, 0.15) is 30.1 Å². The molecule has 6 heteroatoms. The minimum absolute atomic E-state index is 0.280. The van der Waals surface area contributed by atoms with Gasteiger partial charge < -0.3 is 15.4 Å². The molecule has 1 aliphatic rings. The van der Waals surface area contributed by atoms with E-state index in [9.17, 15) is 14.4 Å². The second kappa shape index (κ2) is 7.09. The number of hydrogen-bond donors (Lipinski definition) is 2. The molecule has 1 saturated carbocycles. The number of esters is 1. The predicted molar refractivity (Wildman–Crippen MR) is 85.9 cm³/mol. The molecule has 1 aromatic carbocycles. The van der Waals surface area contributed by atoms with Crippen LogP contribution >= 0.6 is 0 Å². The second-order valence-electron chi connectivity index (χ2n) is 5.33. The Bertz CT molecular complexity index is 618. The summed E-state index contributed by atoms with van der Waals surface area (Å²) in [6, 6.07) is 6.37. The highest BCUT2D eigenvalue weighted by Crippen LogP contribution is 2.46. The fourth-order valence-corrected chi connectivity index (χ4v) is 2.17. The zero-order valence-corrected chi connectivity index (χ0v) is 13.1. The van der Waals surface area contributed by atoms with Crippen LogP contribution in [0.25, 0.3) is 0 Å². The topological polar surface area (TPSA) is 84.5 Å². The Labute approximate surface area is 134 Å². The normalized spacial score (nSPS) is 14.5. The molecule has 23 heavy (non-hydrogen) atoms. The van der Waals surface area contributed by atoms with Crippen LogP contribution in [0.15, 0.2) is 36.9 Å². The van der Waals surface area contributed by atoms with Gasteiger partial charge in [0.05, 0.1) is 12.2 Å². The Balaban J connectivity index is 1.99. The first kappa shape index (κ1) is 16.7. The summed E-state index contributed by atoms with van der Waals surface area (Å²) in [7, 11) is 0. The number of rotatable bonds is 7. The quantitative estimate of drug-likeness (QED) is 0.457. The molecule has 2 amide bonds. The van der Waals surface area contributed by atoms with E-state index in [1.165, 1.54) is 0 Å². The minimum Gasteiger partial charge on any atom is -0.462 e.